The Morgan fingerprint density at radius 1 is 1.15 bits per heavy atom. The molecule has 0 saturated carbocycles. The SMILES string of the molecule is N#C/C(=C/Nc1ccc(Cl)cn1)C(=O)Nc1cccc2c(O)cccc12. The number of nitrogens with zero attached hydrogens (tertiary/aromatic N) is 2. The van der Waals surface area contributed by atoms with Crippen LogP contribution in [0.3, 0.4) is 0 Å². The number of halogens is 1. The van der Waals surface area contributed by atoms with Gasteiger partial charge < -0.3 is 15.7 Å². The number of phenolic OH excluding ortho intramolecular Hbond substituents is 1. The zero-order valence-electron chi connectivity index (χ0n) is 13.4. The van der Waals surface area contributed by atoms with Gasteiger partial charge in [-0.2, -0.15) is 5.26 Å². The second-order valence-corrected chi connectivity index (χ2v) is 5.74. The molecule has 26 heavy (non-hydrogen) atoms. The van der Waals surface area contributed by atoms with Crippen molar-refractivity contribution in [2.75, 3.05) is 10.6 Å². The van der Waals surface area contributed by atoms with Gasteiger partial charge in [-0.1, -0.05) is 35.9 Å². The van der Waals surface area contributed by atoms with Crippen LogP contribution in [0.15, 0.2) is 66.5 Å². The molecule has 0 bridgehead atoms. The summed E-state index contributed by atoms with van der Waals surface area (Å²) in [7, 11) is 0. The number of hydrogen-bond acceptors (Lipinski definition) is 5. The van der Waals surface area contributed by atoms with Crippen molar-refractivity contribution in [1.29, 1.82) is 5.26 Å². The number of hydrogen-bond donors (Lipinski definition) is 3. The molecule has 2 aromatic carbocycles. The quantitative estimate of drug-likeness (QED) is 0.479. The molecular weight excluding hydrogens is 352 g/mol. The van der Waals surface area contributed by atoms with Gasteiger partial charge in [0.15, 0.2) is 0 Å². The van der Waals surface area contributed by atoms with Gasteiger partial charge in [-0.15, -0.1) is 0 Å². The van der Waals surface area contributed by atoms with Gasteiger partial charge in [-0.3, -0.25) is 4.79 Å². The smallest absolute Gasteiger partial charge is 0.267 e. The van der Waals surface area contributed by atoms with Crippen molar-refractivity contribution in [3.8, 4) is 11.8 Å². The van der Waals surface area contributed by atoms with Crippen molar-refractivity contribution in [1.82, 2.24) is 4.98 Å². The summed E-state index contributed by atoms with van der Waals surface area (Å²) >= 11 is 5.76. The molecule has 1 heterocycles. The summed E-state index contributed by atoms with van der Waals surface area (Å²) in [5.74, 6) is -0.0139. The fourth-order valence-corrected chi connectivity index (χ4v) is 2.46. The lowest BCUT2D eigenvalue weighted by Crippen LogP contribution is -2.14. The second kappa shape index (κ2) is 7.55. The Labute approximate surface area is 154 Å². The average Bonchev–Trinajstić information content (AvgIpc) is 2.64. The van der Waals surface area contributed by atoms with Crippen LogP contribution in [-0.2, 0) is 4.79 Å². The van der Waals surface area contributed by atoms with E-state index in [2.05, 4.69) is 15.6 Å². The van der Waals surface area contributed by atoms with Gasteiger partial charge in [-0.05, 0) is 24.3 Å². The largest absolute Gasteiger partial charge is 0.507 e. The van der Waals surface area contributed by atoms with Crippen molar-refractivity contribution >= 4 is 39.8 Å². The molecule has 0 fully saturated rings. The summed E-state index contributed by atoms with van der Waals surface area (Å²) < 4.78 is 0. The van der Waals surface area contributed by atoms with Gasteiger partial charge in [-0.25, -0.2) is 4.98 Å². The number of pyridine rings is 1. The molecule has 7 heteroatoms. The van der Waals surface area contributed by atoms with E-state index in [1.165, 1.54) is 12.4 Å². The minimum Gasteiger partial charge on any atom is -0.507 e. The van der Waals surface area contributed by atoms with Crippen molar-refractivity contribution < 1.29 is 9.90 Å². The first-order valence-corrected chi connectivity index (χ1v) is 7.96. The Hall–Kier alpha value is -3.56. The van der Waals surface area contributed by atoms with Gasteiger partial charge in [0.25, 0.3) is 5.91 Å². The lowest BCUT2D eigenvalue weighted by molar-refractivity contribution is -0.112. The number of fused-ring (bicyclic) bond motifs is 1. The molecule has 0 aliphatic rings. The van der Waals surface area contributed by atoms with E-state index in [9.17, 15) is 15.2 Å². The molecule has 0 spiro atoms. The van der Waals surface area contributed by atoms with E-state index in [0.29, 0.717) is 27.3 Å². The minimum atomic E-state index is -0.579. The molecule has 1 amide bonds. The minimum absolute atomic E-state index is 0.116. The highest BCUT2D eigenvalue weighted by Crippen LogP contribution is 2.29. The number of carbonyl (C=O) groups is 1. The Balaban J connectivity index is 1.82. The zero-order valence-corrected chi connectivity index (χ0v) is 14.2. The number of amides is 1. The fourth-order valence-electron chi connectivity index (χ4n) is 2.35. The van der Waals surface area contributed by atoms with Gasteiger partial charge >= 0.3 is 0 Å². The maximum atomic E-state index is 12.4. The number of benzene rings is 2. The van der Waals surface area contributed by atoms with Crippen molar-refractivity contribution in [3.05, 3.63) is 71.5 Å². The van der Waals surface area contributed by atoms with Crippen LogP contribution in [0.5, 0.6) is 5.75 Å². The van der Waals surface area contributed by atoms with Crippen molar-refractivity contribution in [2.45, 2.75) is 0 Å². The Kier molecular flexibility index (Phi) is 5.02. The molecule has 0 aliphatic carbocycles. The summed E-state index contributed by atoms with van der Waals surface area (Å²) in [6.45, 7) is 0. The fraction of sp³-hybridized carbons (Fsp3) is 0. The molecule has 6 nitrogen and oxygen atoms in total. The third kappa shape index (κ3) is 3.74. The predicted molar refractivity (Wildman–Crippen MR) is 101 cm³/mol. The van der Waals surface area contributed by atoms with Crippen molar-refractivity contribution in [2.24, 2.45) is 0 Å². The zero-order chi connectivity index (χ0) is 18.5. The van der Waals surface area contributed by atoms with Crippen molar-refractivity contribution in [3.63, 3.8) is 0 Å². The topological polar surface area (TPSA) is 98.0 Å². The van der Waals surface area contributed by atoms with E-state index in [-0.39, 0.29) is 11.3 Å². The lowest BCUT2D eigenvalue weighted by atomic mass is 10.1. The van der Waals surface area contributed by atoms with Crippen LogP contribution < -0.4 is 10.6 Å². The summed E-state index contributed by atoms with van der Waals surface area (Å²) in [6, 6.07) is 15.3. The second-order valence-electron chi connectivity index (χ2n) is 5.31. The molecule has 128 valence electrons. The molecule has 0 radical (unpaired) electrons. The van der Waals surface area contributed by atoms with E-state index in [4.69, 9.17) is 11.6 Å². The number of phenols is 1. The maximum absolute atomic E-state index is 12.4. The van der Waals surface area contributed by atoms with Crippen LogP contribution >= 0.6 is 11.6 Å². The number of carbonyl (C=O) groups excluding carboxylic acids is 1. The molecule has 3 rings (SSSR count). The summed E-state index contributed by atoms with van der Waals surface area (Å²) in [6.07, 6.45) is 2.72. The summed E-state index contributed by atoms with van der Waals surface area (Å²) in [5.41, 5.74) is 0.369. The van der Waals surface area contributed by atoms with E-state index in [1.807, 2.05) is 6.07 Å². The standard InChI is InChI=1S/C19H13ClN4O2/c20-13-7-8-18(23-11-13)22-10-12(9-21)19(26)24-16-5-1-4-15-14(16)3-2-6-17(15)25/h1-8,10-11,25H,(H,22,23)(H,24,26)/b12-10-. The van der Waals surface area contributed by atoms with Gasteiger partial charge in [0.05, 0.1) is 5.02 Å². The Morgan fingerprint density at radius 3 is 2.65 bits per heavy atom. The van der Waals surface area contributed by atoms with Crippen LogP contribution in [0.25, 0.3) is 10.8 Å². The molecule has 1 aromatic heterocycles. The highest BCUT2D eigenvalue weighted by Gasteiger charge is 2.12. The van der Waals surface area contributed by atoms with Crippen LogP contribution in [0, 0.1) is 11.3 Å². The molecule has 3 aromatic rings. The number of nitrogens with one attached hydrogen (secondary N) is 2. The Morgan fingerprint density at radius 2 is 1.92 bits per heavy atom. The third-order valence-corrected chi connectivity index (χ3v) is 3.83. The molecule has 0 unspecified atom stereocenters. The number of aromatic hydroxyl groups is 1. The maximum Gasteiger partial charge on any atom is 0.267 e. The van der Waals surface area contributed by atoms with E-state index in [1.54, 1.807) is 48.5 Å². The first-order valence-electron chi connectivity index (χ1n) is 7.59. The lowest BCUT2D eigenvalue weighted by Gasteiger charge is -2.09. The number of nitriles is 1. The monoisotopic (exact) mass is 364 g/mol. The van der Waals surface area contributed by atoms with E-state index in [0.717, 1.165) is 0 Å². The first kappa shape index (κ1) is 17.3. The average molecular weight is 365 g/mol. The normalized spacial score (nSPS) is 11.0. The van der Waals surface area contributed by atoms with Crippen LogP contribution in [0.1, 0.15) is 0 Å². The third-order valence-electron chi connectivity index (χ3n) is 3.60. The highest BCUT2D eigenvalue weighted by molar-refractivity contribution is 6.30. The molecule has 3 N–H and O–H groups in total. The van der Waals surface area contributed by atoms with Gasteiger partial charge in [0.2, 0.25) is 0 Å². The summed E-state index contributed by atoms with van der Waals surface area (Å²) in [4.78, 5) is 16.4. The van der Waals surface area contributed by atoms with Gasteiger partial charge in [0.1, 0.15) is 23.2 Å². The first-order chi connectivity index (χ1) is 12.6. The predicted octanol–water partition coefficient (Wildman–Crippen LogP) is 4.05. The van der Waals surface area contributed by atoms with E-state index < -0.39 is 5.91 Å². The van der Waals surface area contributed by atoms with Crippen LogP contribution in [0.2, 0.25) is 5.02 Å². The number of aromatic nitrogens is 1. The van der Waals surface area contributed by atoms with Crippen LogP contribution in [-0.4, -0.2) is 16.0 Å². The van der Waals surface area contributed by atoms with Gasteiger partial charge in [0, 0.05) is 28.9 Å². The molecule has 0 atom stereocenters. The molecule has 0 saturated heterocycles. The summed E-state index contributed by atoms with van der Waals surface area (Å²) in [5, 5.41) is 26.4. The Bertz CT molecular complexity index is 1040. The molecule has 0 aliphatic heterocycles. The number of rotatable bonds is 4. The van der Waals surface area contributed by atoms with Crippen LogP contribution in [0.4, 0.5) is 11.5 Å². The highest BCUT2D eigenvalue weighted by atomic mass is 35.5. The molecular formula is C19H13ClN4O2. The number of anilines is 2. The van der Waals surface area contributed by atoms with E-state index >= 15 is 0 Å².